The molecule has 0 N–H and O–H groups in total. The van der Waals surface area contributed by atoms with Gasteiger partial charge in [0.1, 0.15) is 16.8 Å². The molecule has 0 spiro atoms. The summed E-state index contributed by atoms with van der Waals surface area (Å²) in [5, 5.41) is 0. The summed E-state index contributed by atoms with van der Waals surface area (Å²) in [5.74, 6) is 1.41. The highest BCUT2D eigenvalue weighted by Crippen LogP contribution is 2.37. The smallest absolute Gasteiger partial charge is 0.340 e. The second-order valence-corrected chi connectivity index (χ2v) is 26.5. The van der Waals surface area contributed by atoms with Crippen molar-refractivity contribution < 1.29 is 57.1 Å². The number of esters is 5. The Labute approximate surface area is 556 Å². The number of carbonyl (C=O) groups is 5. The average molecular weight is 1270 g/mol. The van der Waals surface area contributed by atoms with Crippen LogP contribution in [0.1, 0.15) is 325 Å². The van der Waals surface area contributed by atoms with Crippen LogP contribution < -0.4 is 0 Å². The van der Waals surface area contributed by atoms with Crippen LogP contribution in [0.5, 0.6) is 0 Å². The van der Waals surface area contributed by atoms with Crippen molar-refractivity contribution in [1.82, 2.24) is 0 Å². The molecule has 1 fully saturated rings. The van der Waals surface area contributed by atoms with Crippen LogP contribution in [0.3, 0.4) is 0 Å². The number of methoxy groups -OCH3 is 1. The molecule has 510 valence electrons. The lowest BCUT2D eigenvalue weighted by molar-refractivity contribution is -0.114. The second-order valence-electron chi connectivity index (χ2n) is 26.5. The number of hydrogen-bond donors (Lipinski definition) is 0. The molecule has 0 heterocycles. The summed E-state index contributed by atoms with van der Waals surface area (Å²) >= 11 is 0. The van der Waals surface area contributed by atoms with Crippen molar-refractivity contribution in [2.24, 2.45) is 5.92 Å². The summed E-state index contributed by atoms with van der Waals surface area (Å²) in [6, 6.07) is 38.6. The third-order valence-corrected chi connectivity index (χ3v) is 17.4. The van der Waals surface area contributed by atoms with Gasteiger partial charge in [-0.15, -0.1) is 0 Å². The van der Waals surface area contributed by atoms with Crippen LogP contribution in [0.2, 0.25) is 0 Å². The molecule has 1 aliphatic rings. The van der Waals surface area contributed by atoms with Crippen LogP contribution in [0.15, 0.2) is 121 Å². The third-order valence-electron chi connectivity index (χ3n) is 17.4. The van der Waals surface area contributed by atoms with Crippen molar-refractivity contribution in [2.75, 3.05) is 13.7 Å². The van der Waals surface area contributed by atoms with Crippen molar-refractivity contribution in [3.05, 3.63) is 177 Å². The summed E-state index contributed by atoms with van der Waals surface area (Å²) in [6.45, 7) is 43.3. The molecule has 92 heavy (non-hydrogen) atoms. The van der Waals surface area contributed by atoms with E-state index in [1.807, 2.05) is 172 Å². The Balaban J connectivity index is 0.000000392. The first kappa shape index (κ1) is 81.5. The van der Waals surface area contributed by atoms with Crippen molar-refractivity contribution in [3.63, 3.8) is 0 Å². The van der Waals surface area contributed by atoms with Crippen LogP contribution in [-0.4, -0.2) is 72.9 Å². The van der Waals surface area contributed by atoms with Gasteiger partial charge in [-0.1, -0.05) is 158 Å². The highest BCUT2D eigenvalue weighted by atomic mass is 16.7. The molecular formula is C80H118O12. The molecule has 6 rings (SSSR count). The molecule has 1 aliphatic carbocycles. The molecule has 7 unspecified atom stereocenters. The Morgan fingerprint density at radius 2 is 0.707 bits per heavy atom. The van der Waals surface area contributed by atoms with Crippen molar-refractivity contribution in [2.45, 2.75) is 275 Å². The van der Waals surface area contributed by atoms with Crippen LogP contribution in [0, 0.1) is 5.92 Å². The molecular weight excluding hydrogens is 1150 g/mol. The van der Waals surface area contributed by atoms with Crippen LogP contribution in [0.25, 0.3) is 0 Å². The molecule has 0 aromatic heterocycles. The zero-order valence-electron chi connectivity index (χ0n) is 60.6. The number of hydrogen-bond acceptors (Lipinski definition) is 12. The van der Waals surface area contributed by atoms with E-state index in [-0.39, 0.29) is 41.4 Å². The quantitative estimate of drug-likeness (QED) is 0.0311. The Morgan fingerprint density at radius 1 is 0.413 bits per heavy atom. The van der Waals surface area contributed by atoms with E-state index in [9.17, 15) is 24.0 Å². The number of benzene rings is 5. The first-order valence-electron chi connectivity index (χ1n) is 34.2. The van der Waals surface area contributed by atoms with Gasteiger partial charge < -0.3 is 33.2 Å². The molecule has 0 bridgehead atoms. The number of rotatable bonds is 25. The predicted molar refractivity (Wildman–Crippen MR) is 375 cm³/mol. The minimum Gasteiger partial charge on any atom is -0.456 e. The largest absolute Gasteiger partial charge is 0.456 e. The van der Waals surface area contributed by atoms with Crippen molar-refractivity contribution >= 4 is 29.8 Å². The molecule has 12 nitrogen and oxygen atoms in total. The lowest BCUT2D eigenvalue weighted by Gasteiger charge is -2.27. The fourth-order valence-corrected chi connectivity index (χ4v) is 9.56. The highest BCUT2D eigenvalue weighted by molar-refractivity contribution is 5.91. The van der Waals surface area contributed by atoms with E-state index in [1.54, 1.807) is 14.0 Å². The highest BCUT2D eigenvalue weighted by Gasteiger charge is 2.36. The fraction of sp³-hybridized carbons (Fsp3) is 0.562. The van der Waals surface area contributed by atoms with E-state index >= 15 is 0 Å². The standard InChI is InChI=1S/C18H26O2.C16H24O3.C16H24O2.C15H22O3.C15H22O2/c1-4-14(3)15-8-10-16(11-9-15)17(19)20-18(5-2)12-6-7-13-18;1-6-12(4)13-7-9-14(10-8-13)15(17)19-16(18-5)11(2)3;1-6-12(3)13-8-10-14(11-9-13)15(17)18-16(4,5)7-2;1-5-11(3)13-7-9-14(10-8-13)15(16)18-12(4)17-6-2;1-6-11(2)12-7-9-13(10-8-12)14(16)17-15(3,4)5/h8-11,14H,4-7,12-13H2,1-3H3;7-12,16H,6H2,1-5H3;8-12H,6-7H2,1-5H3;7-12H,5-6H2,1-4H3;7-11H,6H2,1-5H3. The van der Waals surface area contributed by atoms with Gasteiger partial charge in [0.25, 0.3) is 0 Å². The van der Waals surface area contributed by atoms with Gasteiger partial charge in [-0.05, 0) is 237 Å². The van der Waals surface area contributed by atoms with Gasteiger partial charge in [-0.25, -0.2) is 24.0 Å². The van der Waals surface area contributed by atoms with Crippen LogP contribution in [-0.2, 0) is 33.2 Å². The summed E-state index contributed by atoms with van der Waals surface area (Å²) in [6.07, 6.45) is 10.6. The fourth-order valence-electron chi connectivity index (χ4n) is 9.56. The van der Waals surface area contributed by atoms with Crippen LogP contribution in [0.4, 0.5) is 0 Å². The molecule has 5 aromatic rings. The van der Waals surface area contributed by atoms with Gasteiger partial charge in [-0.2, -0.15) is 0 Å². The number of carbonyl (C=O) groups excluding carboxylic acids is 5. The normalized spacial score (nSPS) is 14.8. The van der Waals surface area contributed by atoms with E-state index < -0.39 is 23.8 Å². The summed E-state index contributed by atoms with van der Waals surface area (Å²) < 4.78 is 37.4. The van der Waals surface area contributed by atoms with Gasteiger partial charge in [-0.3, -0.25) is 0 Å². The summed E-state index contributed by atoms with van der Waals surface area (Å²) in [7, 11) is 1.55. The number of ether oxygens (including phenoxy) is 7. The maximum absolute atomic E-state index is 12.3. The van der Waals surface area contributed by atoms with Crippen LogP contribution >= 0.6 is 0 Å². The Kier molecular flexibility index (Phi) is 36.4. The molecule has 1 saturated carbocycles. The van der Waals surface area contributed by atoms with Gasteiger partial charge in [0.15, 0.2) is 6.29 Å². The van der Waals surface area contributed by atoms with E-state index in [0.29, 0.717) is 64.0 Å². The SMILES string of the molecule is CCC(C)c1ccc(C(=O)OC(C)(C)C)cc1.CCC(C)c1ccc(C(=O)OC(C)(C)CC)cc1.CCC(C)c1ccc(C(=O)OC(OC)C(C)C)cc1.CCC(C)c1ccc(C(=O)OC2(CC)CCCC2)cc1.CCOC(C)OC(=O)c1ccc(C(C)CC)cc1. The Hall–Kier alpha value is -6.63. The van der Waals surface area contributed by atoms with Gasteiger partial charge in [0, 0.05) is 19.6 Å². The van der Waals surface area contributed by atoms with E-state index in [0.717, 1.165) is 57.8 Å². The second kappa shape index (κ2) is 41.2. The Morgan fingerprint density at radius 3 is 0.967 bits per heavy atom. The van der Waals surface area contributed by atoms with E-state index in [4.69, 9.17) is 33.2 Å². The van der Waals surface area contributed by atoms with E-state index in [1.165, 1.54) is 40.7 Å². The third kappa shape index (κ3) is 28.7. The van der Waals surface area contributed by atoms with E-state index in [2.05, 4.69) is 88.3 Å². The minimum absolute atomic E-state index is 0.133. The zero-order valence-corrected chi connectivity index (χ0v) is 60.6. The maximum Gasteiger partial charge on any atom is 0.340 e. The Bertz CT molecular complexity index is 2890. The molecule has 12 heteroatoms. The molecule has 7 atom stereocenters. The lowest BCUT2D eigenvalue weighted by Crippen LogP contribution is -2.31. The first-order valence-corrected chi connectivity index (χ1v) is 34.2. The summed E-state index contributed by atoms with van der Waals surface area (Å²) in [5.41, 5.74) is 8.32. The molecule has 0 radical (unpaired) electrons. The molecule has 0 amide bonds. The van der Waals surface area contributed by atoms with Crippen molar-refractivity contribution in [1.29, 1.82) is 0 Å². The first-order chi connectivity index (χ1) is 43.4. The predicted octanol–water partition coefficient (Wildman–Crippen LogP) is 21.5. The van der Waals surface area contributed by atoms with Crippen molar-refractivity contribution in [3.8, 4) is 0 Å². The van der Waals surface area contributed by atoms with Gasteiger partial charge in [0.2, 0.25) is 6.29 Å². The zero-order chi connectivity index (χ0) is 69.4. The van der Waals surface area contributed by atoms with Gasteiger partial charge in [0.05, 0.1) is 27.8 Å². The summed E-state index contributed by atoms with van der Waals surface area (Å²) in [4.78, 5) is 59.8. The molecule has 0 saturated heterocycles. The molecule has 5 aromatic carbocycles. The minimum atomic E-state index is -0.503. The lowest BCUT2D eigenvalue weighted by atomic mass is 9.97. The maximum atomic E-state index is 12.3. The topological polar surface area (TPSA) is 150 Å². The average Bonchev–Trinajstić information content (AvgIpc) is 1.68. The molecule has 0 aliphatic heterocycles. The van der Waals surface area contributed by atoms with Gasteiger partial charge >= 0.3 is 29.8 Å². The monoisotopic (exact) mass is 1270 g/mol.